The lowest BCUT2D eigenvalue weighted by molar-refractivity contribution is -0.127. The van der Waals surface area contributed by atoms with Crippen LogP contribution in [0.15, 0.2) is 24.3 Å². The number of hydrogen-bond donors (Lipinski definition) is 1. The van der Waals surface area contributed by atoms with Crippen molar-refractivity contribution in [3.63, 3.8) is 0 Å². The topological polar surface area (TPSA) is 40.5 Å². The molecule has 1 amide bonds. The first-order valence-corrected chi connectivity index (χ1v) is 7.93. The van der Waals surface area contributed by atoms with Gasteiger partial charge in [-0.15, -0.1) is 11.8 Å². The van der Waals surface area contributed by atoms with Crippen LogP contribution in [0.3, 0.4) is 0 Å². The fraction of sp³-hybridized carbons (Fsp3) is 0.500. The van der Waals surface area contributed by atoms with Gasteiger partial charge in [-0.3, -0.25) is 4.79 Å². The van der Waals surface area contributed by atoms with Crippen molar-refractivity contribution < 1.29 is 9.90 Å². The number of carbonyl (C=O) groups excluding carboxylic acids is 1. The van der Waals surface area contributed by atoms with Gasteiger partial charge < -0.3 is 10.0 Å². The Hall–Kier alpha value is -0.710. The maximum Gasteiger partial charge on any atom is 0.232 e. The standard InChI is InChI=1S/C14H18ClNO2S/c15-13-3-1-2-11(6-13)9-19-10-14(18)16-5-4-12(7-16)8-17/h1-3,6,12,17H,4-5,7-10H2. The second-order valence-electron chi connectivity index (χ2n) is 4.80. The van der Waals surface area contributed by atoms with E-state index < -0.39 is 0 Å². The van der Waals surface area contributed by atoms with Crippen molar-refractivity contribution in [2.75, 3.05) is 25.4 Å². The summed E-state index contributed by atoms with van der Waals surface area (Å²) in [6.07, 6.45) is 0.918. The van der Waals surface area contributed by atoms with E-state index in [1.54, 1.807) is 11.8 Å². The molecule has 0 aromatic heterocycles. The monoisotopic (exact) mass is 299 g/mol. The Kier molecular flexibility index (Phi) is 5.55. The molecule has 3 nitrogen and oxygen atoms in total. The molecular formula is C14H18ClNO2S. The molecule has 1 N–H and O–H groups in total. The van der Waals surface area contributed by atoms with Gasteiger partial charge in [0.05, 0.1) is 5.75 Å². The van der Waals surface area contributed by atoms with Crippen molar-refractivity contribution in [2.24, 2.45) is 5.92 Å². The van der Waals surface area contributed by atoms with Gasteiger partial charge in [0, 0.05) is 36.4 Å². The quantitative estimate of drug-likeness (QED) is 0.908. The summed E-state index contributed by atoms with van der Waals surface area (Å²) in [5.41, 5.74) is 1.14. The van der Waals surface area contributed by atoms with Gasteiger partial charge in [-0.2, -0.15) is 0 Å². The number of rotatable bonds is 5. The van der Waals surface area contributed by atoms with Crippen molar-refractivity contribution in [1.29, 1.82) is 0 Å². The molecule has 1 atom stereocenters. The predicted molar refractivity (Wildman–Crippen MR) is 79.4 cm³/mol. The van der Waals surface area contributed by atoms with Crippen LogP contribution in [0.1, 0.15) is 12.0 Å². The maximum absolute atomic E-state index is 12.0. The Bertz CT molecular complexity index is 441. The molecule has 5 heteroatoms. The number of thioether (sulfide) groups is 1. The minimum absolute atomic E-state index is 0.169. The second-order valence-corrected chi connectivity index (χ2v) is 6.22. The lowest BCUT2D eigenvalue weighted by Gasteiger charge is -2.15. The molecule has 0 aliphatic carbocycles. The highest BCUT2D eigenvalue weighted by atomic mass is 35.5. The number of aliphatic hydroxyl groups is 1. The van der Waals surface area contributed by atoms with Crippen molar-refractivity contribution in [3.8, 4) is 0 Å². The van der Waals surface area contributed by atoms with Crippen LogP contribution in [0.5, 0.6) is 0 Å². The summed E-state index contributed by atoms with van der Waals surface area (Å²) in [4.78, 5) is 13.8. The fourth-order valence-electron chi connectivity index (χ4n) is 2.18. The minimum atomic E-state index is 0.169. The molecule has 1 aliphatic heterocycles. The summed E-state index contributed by atoms with van der Waals surface area (Å²) >= 11 is 7.52. The molecule has 1 fully saturated rings. The number of benzene rings is 1. The molecule has 104 valence electrons. The summed E-state index contributed by atoms with van der Waals surface area (Å²) in [5.74, 6) is 1.72. The molecular weight excluding hydrogens is 282 g/mol. The first-order chi connectivity index (χ1) is 9.19. The molecule has 0 bridgehead atoms. The normalized spacial score (nSPS) is 18.8. The van der Waals surface area contributed by atoms with Crippen LogP contribution in [0.2, 0.25) is 5.02 Å². The van der Waals surface area contributed by atoms with E-state index in [2.05, 4.69) is 0 Å². The van der Waals surface area contributed by atoms with Crippen molar-refractivity contribution in [3.05, 3.63) is 34.9 Å². The Morgan fingerprint density at radius 3 is 3.05 bits per heavy atom. The largest absolute Gasteiger partial charge is 0.396 e. The Balaban J connectivity index is 1.72. The molecule has 19 heavy (non-hydrogen) atoms. The molecule has 2 rings (SSSR count). The third-order valence-electron chi connectivity index (χ3n) is 3.28. The zero-order valence-electron chi connectivity index (χ0n) is 10.7. The van der Waals surface area contributed by atoms with Crippen LogP contribution < -0.4 is 0 Å². The highest BCUT2D eigenvalue weighted by Gasteiger charge is 2.25. The number of nitrogens with zero attached hydrogens (tertiary/aromatic N) is 1. The third-order valence-corrected chi connectivity index (χ3v) is 4.50. The smallest absolute Gasteiger partial charge is 0.232 e. The SMILES string of the molecule is O=C(CSCc1cccc(Cl)c1)N1CCC(CO)C1. The molecule has 0 radical (unpaired) electrons. The van der Waals surface area contributed by atoms with Crippen LogP contribution in [-0.4, -0.2) is 41.4 Å². The lowest BCUT2D eigenvalue weighted by atomic mass is 10.1. The van der Waals surface area contributed by atoms with Gasteiger partial charge in [0.1, 0.15) is 0 Å². The molecule has 1 heterocycles. The lowest BCUT2D eigenvalue weighted by Crippen LogP contribution is -2.30. The summed E-state index contributed by atoms with van der Waals surface area (Å²) in [5, 5.41) is 9.79. The van der Waals surface area contributed by atoms with E-state index in [0.29, 0.717) is 12.3 Å². The molecule has 1 saturated heterocycles. The summed E-state index contributed by atoms with van der Waals surface area (Å²) in [6.45, 7) is 1.66. The van der Waals surface area contributed by atoms with E-state index in [4.69, 9.17) is 16.7 Å². The van der Waals surface area contributed by atoms with E-state index in [-0.39, 0.29) is 18.4 Å². The predicted octanol–water partition coefficient (Wildman–Crippen LogP) is 2.41. The van der Waals surface area contributed by atoms with Crippen molar-refractivity contribution in [2.45, 2.75) is 12.2 Å². The van der Waals surface area contributed by atoms with E-state index in [9.17, 15) is 4.79 Å². The van der Waals surface area contributed by atoms with Crippen LogP contribution in [0.25, 0.3) is 0 Å². The number of likely N-dealkylation sites (tertiary alicyclic amines) is 1. The fourth-order valence-corrected chi connectivity index (χ4v) is 3.27. The second kappa shape index (κ2) is 7.17. The number of hydrogen-bond acceptors (Lipinski definition) is 3. The van der Waals surface area contributed by atoms with Gasteiger partial charge in [-0.05, 0) is 24.1 Å². The highest BCUT2D eigenvalue weighted by Crippen LogP contribution is 2.19. The van der Waals surface area contributed by atoms with Crippen molar-refractivity contribution in [1.82, 2.24) is 4.90 Å². The third kappa shape index (κ3) is 4.41. The molecule has 1 aliphatic rings. The van der Waals surface area contributed by atoms with Crippen LogP contribution in [0, 0.1) is 5.92 Å². The van der Waals surface area contributed by atoms with Crippen LogP contribution in [-0.2, 0) is 10.5 Å². The maximum atomic E-state index is 12.0. The van der Waals surface area contributed by atoms with Crippen LogP contribution in [0.4, 0.5) is 0 Å². The zero-order valence-corrected chi connectivity index (χ0v) is 12.3. The van der Waals surface area contributed by atoms with E-state index in [0.717, 1.165) is 29.3 Å². The number of aliphatic hydroxyl groups excluding tert-OH is 1. The van der Waals surface area contributed by atoms with E-state index >= 15 is 0 Å². The van der Waals surface area contributed by atoms with Gasteiger partial charge in [-0.1, -0.05) is 23.7 Å². The highest BCUT2D eigenvalue weighted by molar-refractivity contribution is 7.99. The van der Waals surface area contributed by atoms with Crippen molar-refractivity contribution >= 4 is 29.3 Å². The average Bonchev–Trinajstić information content (AvgIpc) is 2.87. The number of amides is 1. The van der Waals surface area contributed by atoms with E-state index in [1.807, 2.05) is 29.2 Å². The Morgan fingerprint density at radius 1 is 1.53 bits per heavy atom. The van der Waals surface area contributed by atoms with Gasteiger partial charge in [0.25, 0.3) is 0 Å². The first-order valence-electron chi connectivity index (χ1n) is 6.40. The van der Waals surface area contributed by atoms with Gasteiger partial charge in [-0.25, -0.2) is 0 Å². The summed E-state index contributed by atoms with van der Waals surface area (Å²) in [6, 6.07) is 7.71. The van der Waals surface area contributed by atoms with Gasteiger partial charge in [0.15, 0.2) is 0 Å². The molecule has 1 aromatic rings. The molecule has 0 spiro atoms. The first kappa shape index (κ1) is 14.7. The van der Waals surface area contributed by atoms with Gasteiger partial charge >= 0.3 is 0 Å². The number of halogens is 1. The summed E-state index contributed by atoms with van der Waals surface area (Å²) in [7, 11) is 0. The van der Waals surface area contributed by atoms with Crippen LogP contribution >= 0.6 is 23.4 Å². The minimum Gasteiger partial charge on any atom is -0.396 e. The zero-order chi connectivity index (χ0) is 13.7. The number of carbonyl (C=O) groups is 1. The summed E-state index contributed by atoms with van der Waals surface area (Å²) < 4.78 is 0. The average molecular weight is 300 g/mol. The Labute approximate surface area is 122 Å². The Morgan fingerprint density at radius 2 is 2.37 bits per heavy atom. The van der Waals surface area contributed by atoms with Gasteiger partial charge in [0.2, 0.25) is 5.91 Å². The van der Waals surface area contributed by atoms with E-state index in [1.165, 1.54) is 0 Å². The molecule has 0 saturated carbocycles. The molecule has 1 unspecified atom stereocenters. The molecule has 1 aromatic carbocycles.